The van der Waals surface area contributed by atoms with Gasteiger partial charge in [-0.15, -0.1) is 12.4 Å². The highest BCUT2D eigenvalue weighted by Gasteiger charge is 2.46. The van der Waals surface area contributed by atoms with Crippen molar-refractivity contribution < 1.29 is 9.59 Å². The number of fused-ring (bicyclic) bond motifs is 2. The Morgan fingerprint density at radius 3 is 2.26 bits per heavy atom. The number of piperidine rings is 1. The Labute approximate surface area is 168 Å². The molecule has 2 fully saturated rings. The number of rotatable bonds is 5. The van der Waals surface area contributed by atoms with Gasteiger partial charge in [0.2, 0.25) is 5.91 Å². The number of nitrogens with zero attached hydrogens (tertiary/aromatic N) is 2. The van der Waals surface area contributed by atoms with Crippen molar-refractivity contribution in [1.82, 2.24) is 9.80 Å². The van der Waals surface area contributed by atoms with Crippen LogP contribution in [0, 0.1) is 5.92 Å². The number of carbonyl (C=O) groups is 2. The van der Waals surface area contributed by atoms with Gasteiger partial charge in [-0.2, -0.15) is 0 Å². The maximum atomic E-state index is 12.9. The van der Waals surface area contributed by atoms with Gasteiger partial charge in [-0.25, -0.2) is 0 Å². The molecule has 2 saturated heterocycles. The molecule has 4 unspecified atom stereocenters. The monoisotopic (exact) mass is 393 g/mol. The molecule has 27 heavy (non-hydrogen) atoms. The molecule has 2 N–H and O–H groups in total. The first-order valence-electron chi connectivity index (χ1n) is 9.84. The Morgan fingerprint density at radius 1 is 1.19 bits per heavy atom. The third-order valence-corrected chi connectivity index (χ3v) is 6.39. The van der Waals surface area contributed by atoms with E-state index in [1.807, 2.05) is 54.1 Å². The van der Waals surface area contributed by atoms with Crippen molar-refractivity contribution in [2.75, 3.05) is 7.05 Å². The third-order valence-electron chi connectivity index (χ3n) is 6.39. The molecular formula is C21H32ClN3O2. The van der Waals surface area contributed by atoms with Crippen molar-refractivity contribution in [3.05, 3.63) is 35.9 Å². The van der Waals surface area contributed by atoms with Crippen LogP contribution in [0.2, 0.25) is 0 Å². The molecule has 4 atom stereocenters. The van der Waals surface area contributed by atoms with Crippen molar-refractivity contribution in [3.63, 3.8) is 0 Å². The minimum absolute atomic E-state index is 0. The van der Waals surface area contributed by atoms with Crippen LogP contribution in [0.5, 0.6) is 0 Å². The summed E-state index contributed by atoms with van der Waals surface area (Å²) in [5.41, 5.74) is 6.94. The molecule has 2 heterocycles. The molecule has 3 rings (SSSR count). The Balaban J connectivity index is 0.00000261. The molecule has 0 saturated carbocycles. The van der Waals surface area contributed by atoms with Gasteiger partial charge < -0.3 is 15.5 Å². The minimum atomic E-state index is -0.414. The molecule has 5 nitrogen and oxygen atoms in total. The van der Waals surface area contributed by atoms with Crippen molar-refractivity contribution >= 4 is 24.2 Å². The molecule has 0 radical (unpaired) electrons. The first kappa shape index (κ1) is 21.7. The zero-order valence-corrected chi connectivity index (χ0v) is 17.3. The van der Waals surface area contributed by atoms with Gasteiger partial charge in [0.25, 0.3) is 5.91 Å². The summed E-state index contributed by atoms with van der Waals surface area (Å²) in [5.74, 6) is 0.357. The van der Waals surface area contributed by atoms with E-state index in [2.05, 4.69) is 6.92 Å². The first-order valence-corrected chi connectivity index (χ1v) is 9.84. The summed E-state index contributed by atoms with van der Waals surface area (Å²) in [4.78, 5) is 29.6. The molecule has 6 heteroatoms. The summed E-state index contributed by atoms with van der Waals surface area (Å²) in [5, 5.41) is 0. The molecule has 2 aliphatic rings. The molecule has 2 amide bonds. The lowest BCUT2D eigenvalue weighted by atomic mass is 9.92. The van der Waals surface area contributed by atoms with Gasteiger partial charge in [0.15, 0.2) is 0 Å². The second-order valence-corrected chi connectivity index (χ2v) is 7.95. The van der Waals surface area contributed by atoms with E-state index < -0.39 is 6.04 Å². The highest BCUT2D eigenvalue weighted by molar-refractivity contribution is 5.94. The topological polar surface area (TPSA) is 66.6 Å². The largest absolute Gasteiger partial charge is 0.339 e. The first-order chi connectivity index (χ1) is 12.4. The van der Waals surface area contributed by atoms with E-state index in [1.54, 1.807) is 0 Å². The van der Waals surface area contributed by atoms with E-state index in [1.165, 1.54) is 0 Å². The highest BCUT2D eigenvalue weighted by Crippen LogP contribution is 2.38. The maximum absolute atomic E-state index is 12.9. The summed E-state index contributed by atoms with van der Waals surface area (Å²) >= 11 is 0. The quantitative estimate of drug-likeness (QED) is 0.835. The summed E-state index contributed by atoms with van der Waals surface area (Å²) in [6.45, 7) is 4.12. The number of nitrogens with two attached hydrogens (primary N) is 1. The normalized spacial score (nSPS) is 26.1. The fourth-order valence-corrected chi connectivity index (χ4v) is 4.44. The third kappa shape index (κ3) is 4.30. The molecule has 0 aromatic heterocycles. The number of benzene rings is 1. The summed E-state index contributed by atoms with van der Waals surface area (Å²) in [7, 11) is 1.89. The van der Waals surface area contributed by atoms with Crippen LogP contribution >= 0.6 is 12.4 Å². The van der Waals surface area contributed by atoms with E-state index in [9.17, 15) is 9.59 Å². The summed E-state index contributed by atoms with van der Waals surface area (Å²) in [6, 6.07) is 9.62. The van der Waals surface area contributed by atoms with Gasteiger partial charge in [-0.05, 0) is 43.7 Å². The number of halogens is 1. The van der Waals surface area contributed by atoms with Crippen LogP contribution in [0.3, 0.4) is 0 Å². The lowest BCUT2D eigenvalue weighted by Gasteiger charge is -2.43. The Hall–Kier alpha value is -1.59. The number of hydrogen-bond acceptors (Lipinski definition) is 3. The highest BCUT2D eigenvalue weighted by atomic mass is 35.5. The van der Waals surface area contributed by atoms with Gasteiger partial charge in [0.05, 0.1) is 6.04 Å². The average Bonchev–Trinajstić information content (AvgIpc) is 2.94. The van der Waals surface area contributed by atoms with Crippen LogP contribution in [0.15, 0.2) is 30.3 Å². The van der Waals surface area contributed by atoms with E-state index in [-0.39, 0.29) is 48.3 Å². The van der Waals surface area contributed by atoms with Gasteiger partial charge >= 0.3 is 0 Å². The lowest BCUT2D eigenvalue weighted by Crippen LogP contribution is -2.57. The average molecular weight is 394 g/mol. The predicted molar refractivity (Wildman–Crippen MR) is 110 cm³/mol. The Kier molecular flexibility index (Phi) is 7.29. The van der Waals surface area contributed by atoms with Gasteiger partial charge in [-0.3, -0.25) is 9.59 Å². The standard InChI is InChI=1S/C21H31N3O2.ClH/c1-4-14(2)19(22)21(26)24-16-10-11-17(24)13-18(12-16)23(3)20(25)15-8-6-5-7-9-15;/h5-9,14,16-19H,4,10-13,22H2,1-3H3;1H. The smallest absolute Gasteiger partial charge is 0.253 e. The molecule has 1 aromatic rings. The van der Waals surface area contributed by atoms with Gasteiger partial charge in [0.1, 0.15) is 0 Å². The van der Waals surface area contributed by atoms with Gasteiger partial charge in [0, 0.05) is 30.7 Å². The van der Waals surface area contributed by atoms with Crippen LogP contribution in [-0.4, -0.2) is 52.8 Å². The molecule has 2 bridgehead atoms. The number of carbonyl (C=O) groups excluding carboxylic acids is 2. The van der Waals surface area contributed by atoms with E-state index >= 15 is 0 Å². The second kappa shape index (κ2) is 9.07. The van der Waals surface area contributed by atoms with Crippen LogP contribution in [0.4, 0.5) is 0 Å². The van der Waals surface area contributed by atoms with Crippen LogP contribution in [0.1, 0.15) is 56.3 Å². The predicted octanol–water partition coefficient (Wildman–Crippen LogP) is 3.08. The fourth-order valence-electron chi connectivity index (χ4n) is 4.44. The minimum Gasteiger partial charge on any atom is -0.339 e. The molecule has 1 aromatic carbocycles. The van der Waals surface area contributed by atoms with Crippen molar-refractivity contribution in [3.8, 4) is 0 Å². The number of hydrogen-bond donors (Lipinski definition) is 1. The van der Waals surface area contributed by atoms with Crippen LogP contribution < -0.4 is 5.73 Å². The molecule has 150 valence electrons. The Morgan fingerprint density at radius 2 is 1.74 bits per heavy atom. The SMILES string of the molecule is CCC(C)C(N)C(=O)N1C2CCC1CC(N(C)C(=O)c1ccccc1)C2.Cl. The van der Waals surface area contributed by atoms with Crippen LogP contribution in [0.25, 0.3) is 0 Å². The fraction of sp³-hybridized carbons (Fsp3) is 0.619. The van der Waals surface area contributed by atoms with Crippen LogP contribution in [-0.2, 0) is 4.79 Å². The lowest BCUT2D eigenvalue weighted by molar-refractivity contribution is -0.139. The van der Waals surface area contributed by atoms with E-state index in [0.29, 0.717) is 0 Å². The van der Waals surface area contributed by atoms with Crippen molar-refractivity contribution in [1.29, 1.82) is 0 Å². The second-order valence-electron chi connectivity index (χ2n) is 7.95. The molecule has 0 spiro atoms. The molecular weight excluding hydrogens is 362 g/mol. The zero-order valence-electron chi connectivity index (χ0n) is 16.5. The molecule has 0 aliphatic carbocycles. The van der Waals surface area contributed by atoms with E-state index in [4.69, 9.17) is 5.73 Å². The van der Waals surface area contributed by atoms with Crippen molar-refractivity contribution in [2.24, 2.45) is 11.7 Å². The van der Waals surface area contributed by atoms with Gasteiger partial charge in [-0.1, -0.05) is 38.5 Å². The molecule has 2 aliphatic heterocycles. The van der Waals surface area contributed by atoms with Crippen molar-refractivity contribution in [2.45, 2.75) is 70.1 Å². The van der Waals surface area contributed by atoms with E-state index in [0.717, 1.165) is 37.7 Å². The summed E-state index contributed by atoms with van der Waals surface area (Å²) in [6.07, 6.45) is 4.66. The summed E-state index contributed by atoms with van der Waals surface area (Å²) < 4.78 is 0. The number of amides is 2. The Bertz CT molecular complexity index is 640. The zero-order chi connectivity index (χ0) is 18.8. The maximum Gasteiger partial charge on any atom is 0.253 e.